The smallest absolute Gasteiger partial charge is 0.416 e. The minimum absolute atomic E-state index is 0.0892. The molecule has 0 unspecified atom stereocenters. The Morgan fingerprint density at radius 1 is 1.16 bits per heavy atom. The molecule has 2 aliphatic rings. The summed E-state index contributed by atoms with van der Waals surface area (Å²) in [7, 11) is 0. The Kier molecular flexibility index (Phi) is 5.43. The van der Waals surface area contributed by atoms with Gasteiger partial charge in [-0.15, -0.1) is 0 Å². The van der Waals surface area contributed by atoms with Crippen molar-refractivity contribution in [2.45, 2.75) is 44.9 Å². The zero-order valence-electron chi connectivity index (χ0n) is 14.3. The third kappa shape index (κ3) is 4.20. The Labute approximate surface area is 145 Å². The number of rotatable bonds is 6. The highest BCUT2D eigenvalue weighted by molar-refractivity contribution is 5.44. The summed E-state index contributed by atoms with van der Waals surface area (Å²) in [4.78, 5) is 0. The zero-order valence-corrected chi connectivity index (χ0v) is 14.3. The summed E-state index contributed by atoms with van der Waals surface area (Å²) < 4.78 is 50.7. The van der Waals surface area contributed by atoms with E-state index in [4.69, 9.17) is 9.47 Å². The first-order valence-corrected chi connectivity index (χ1v) is 8.83. The fourth-order valence-corrected chi connectivity index (χ4v) is 3.71. The average molecular weight is 359 g/mol. The Morgan fingerprint density at radius 3 is 2.44 bits per heavy atom. The molecule has 140 valence electrons. The molecule has 1 aliphatic carbocycles. The van der Waals surface area contributed by atoms with Crippen molar-refractivity contribution in [2.24, 2.45) is 11.8 Å². The minimum Gasteiger partial charge on any atom is -0.490 e. The Bertz CT molecular complexity index is 579. The molecule has 25 heavy (non-hydrogen) atoms. The predicted molar refractivity (Wildman–Crippen MR) is 85.8 cm³/mol. The number of ether oxygens (including phenoxy) is 2. The lowest BCUT2D eigenvalue weighted by molar-refractivity contribution is -0.144. The van der Waals surface area contributed by atoms with Gasteiger partial charge in [-0.1, -0.05) is 13.3 Å². The maximum Gasteiger partial charge on any atom is 0.416 e. The molecular formula is C18H24F3NO3. The van der Waals surface area contributed by atoms with Crippen LogP contribution in [0.1, 0.15) is 38.2 Å². The third-order valence-electron chi connectivity index (χ3n) is 5.02. The van der Waals surface area contributed by atoms with E-state index in [2.05, 4.69) is 0 Å². The molecule has 0 spiro atoms. The third-order valence-corrected chi connectivity index (χ3v) is 5.02. The quantitative estimate of drug-likeness (QED) is 0.766. The highest BCUT2D eigenvalue weighted by Gasteiger charge is 2.44. The second-order valence-corrected chi connectivity index (χ2v) is 6.91. The van der Waals surface area contributed by atoms with Crippen LogP contribution in [0, 0.1) is 11.8 Å². The van der Waals surface area contributed by atoms with Crippen molar-refractivity contribution in [3.05, 3.63) is 23.8 Å². The molecule has 4 nitrogen and oxygen atoms in total. The van der Waals surface area contributed by atoms with Gasteiger partial charge in [0.1, 0.15) is 6.10 Å². The number of benzene rings is 1. The Balaban J connectivity index is 1.79. The molecule has 1 aromatic carbocycles. The van der Waals surface area contributed by atoms with E-state index < -0.39 is 11.7 Å². The maximum atomic E-state index is 13.0. The number of hydrogen-bond acceptors (Lipinski definition) is 4. The molecule has 2 fully saturated rings. The monoisotopic (exact) mass is 359 g/mol. The van der Waals surface area contributed by atoms with E-state index in [0.717, 1.165) is 37.8 Å². The van der Waals surface area contributed by atoms with Crippen LogP contribution in [0.4, 0.5) is 13.2 Å². The molecule has 1 aromatic rings. The van der Waals surface area contributed by atoms with E-state index in [9.17, 15) is 18.4 Å². The van der Waals surface area contributed by atoms with Crippen LogP contribution < -0.4 is 9.47 Å². The van der Waals surface area contributed by atoms with Crippen LogP contribution in [0.25, 0.3) is 0 Å². The van der Waals surface area contributed by atoms with Crippen molar-refractivity contribution in [2.75, 3.05) is 19.7 Å². The lowest BCUT2D eigenvalue weighted by atomic mass is 9.96. The van der Waals surface area contributed by atoms with E-state index in [1.807, 2.05) is 6.92 Å². The number of hydroxylamine groups is 2. The van der Waals surface area contributed by atoms with Gasteiger partial charge in [-0.25, -0.2) is 0 Å². The number of fused-ring (bicyclic) bond motifs is 2. The number of halogens is 3. The number of hydrogen-bond donors (Lipinski definition) is 1. The molecule has 3 rings (SSSR count). The summed E-state index contributed by atoms with van der Waals surface area (Å²) in [5.74, 6) is 0.885. The van der Waals surface area contributed by atoms with Crippen LogP contribution in [-0.2, 0) is 6.18 Å². The second-order valence-electron chi connectivity index (χ2n) is 6.91. The minimum atomic E-state index is -4.41. The lowest BCUT2D eigenvalue weighted by Gasteiger charge is -2.35. The number of nitrogens with zero attached hydrogens (tertiary/aromatic N) is 1. The summed E-state index contributed by atoms with van der Waals surface area (Å²) in [5, 5.41) is 11.0. The van der Waals surface area contributed by atoms with E-state index in [1.165, 1.54) is 11.1 Å². The normalized spacial score (nSPS) is 26.7. The summed E-state index contributed by atoms with van der Waals surface area (Å²) in [6.07, 6.45) is -0.924. The number of unbranched alkanes of at least 4 members (excludes halogenated alkanes) is 1. The molecule has 7 heteroatoms. The SMILES string of the molecule is CCCCOc1cc(C(F)(F)F)ccc1OC1[C@@H]2CC[C@@H]1CN(O)C2. The predicted octanol–water partition coefficient (Wildman–Crippen LogP) is 4.36. The highest BCUT2D eigenvalue weighted by Crippen LogP contribution is 2.42. The van der Waals surface area contributed by atoms with Crippen molar-refractivity contribution in [3.63, 3.8) is 0 Å². The van der Waals surface area contributed by atoms with Gasteiger partial charge in [0.25, 0.3) is 0 Å². The van der Waals surface area contributed by atoms with Gasteiger partial charge in [0.2, 0.25) is 0 Å². The van der Waals surface area contributed by atoms with Gasteiger partial charge in [-0.2, -0.15) is 18.2 Å². The first-order chi connectivity index (χ1) is 11.9. The Morgan fingerprint density at radius 2 is 1.84 bits per heavy atom. The molecule has 2 bridgehead atoms. The van der Waals surface area contributed by atoms with Crippen LogP contribution in [0.15, 0.2) is 18.2 Å². The van der Waals surface area contributed by atoms with Gasteiger partial charge in [0.15, 0.2) is 11.5 Å². The molecule has 1 saturated carbocycles. The fourth-order valence-electron chi connectivity index (χ4n) is 3.71. The maximum absolute atomic E-state index is 13.0. The number of alkyl halides is 3. The van der Waals surface area contributed by atoms with Crippen molar-refractivity contribution in [1.82, 2.24) is 5.06 Å². The van der Waals surface area contributed by atoms with Crippen LogP contribution in [0.3, 0.4) is 0 Å². The van der Waals surface area contributed by atoms with Crippen molar-refractivity contribution >= 4 is 0 Å². The van der Waals surface area contributed by atoms with Crippen LogP contribution >= 0.6 is 0 Å². The largest absolute Gasteiger partial charge is 0.490 e. The molecule has 0 radical (unpaired) electrons. The molecule has 0 aromatic heterocycles. The average Bonchev–Trinajstić information content (AvgIpc) is 2.78. The molecule has 1 saturated heterocycles. The summed E-state index contributed by atoms with van der Waals surface area (Å²) in [6, 6.07) is 3.41. The summed E-state index contributed by atoms with van der Waals surface area (Å²) in [5.41, 5.74) is -0.737. The van der Waals surface area contributed by atoms with Gasteiger partial charge in [0, 0.05) is 24.9 Å². The van der Waals surface area contributed by atoms with E-state index >= 15 is 0 Å². The Hall–Kier alpha value is -1.47. The van der Waals surface area contributed by atoms with Gasteiger partial charge < -0.3 is 14.7 Å². The molecule has 2 atom stereocenters. The van der Waals surface area contributed by atoms with E-state index in [1.54, 1.807) is 0 Å². The molecular weight excluding hydrogens is 335 g/mol. The van der Waals surface area contributed by atoms with Gasteiger partial charge in [-0.05, 0) is 37.5 Å². The van der Waals surface area contributed by atoms with Crippen LogP contribution in [-0.4, -0.2) is 36.1 Å². The van der Waals surface area contributed by atoms with Crippen molar-refractivity contribution < 1.29 is 27.9 Å². The molecule has 1 aliphatic heterocycles. The summed E-state index contributed by atoms with van der Waals surface area (Å²) >= 11 is 0. The first kappa shape index (κ1) is 18.3. The van der Waals surface area contributed by atoms with Crippen molar-refractivity contribution in [1.29, 1.82) is 0 Å². The van der Waals surface area contributed by atoms with Crippen LogP contribution in [0.2, 0.25) is 0 Å². The first-order valence-electron chi connectivity index (χ1n) is 8.83. The zero-order chi connectivity index (χ0) is 18.0. The summed E-state index contributed by atoms with van der Waals surface area (Å²) in [6.45, 7) is 3.42. The lowest BCUT2D eigenvalue weighted by Crippen LogP contribution is -2.45. The van der Waals surface area contributed by atoms with Gasteiger partial charge in [0.05, 0.1) is 12.2 Å². The molecule has 1 N–H and O–H groups in total. The van der Waals surface area contributed by atoms with E-state index in [0.29, 0.717) is 25.4 Å². The fraction of sp³-hybridized carbons (Fsp3) is 0.667. The standard InChI is InChI=1S/C18H24F3NO3/c1-2-3-8-24-16-9-14(18(19,20)21)6-7-15(16)25-17-12-4-5-13(17)11-22(23)10-12/h6-7,9,12-13,17,23H,2-5,8,10-11H2,1H3/t12-,13-/m1/s1. The van der Waals surface area contributed by atoms with E-state index in [-0.39, 0.29) is 23.7 Å². The topological polar surface area (TPSA) is 41.9 Å². The molecule has 0 amide bonds. The second kappa shape index (κ2) is 7.41. The molecule has 1 heterocycles. The van der Waals surface area contributed by atoms with Crippen LogP contribution in [0.5, 0.6) is 11.5 Å². The number of piperidine rings is 1. The van der Waals surface area contributed by atoms with Gasteiger partial charge in [-0.3, -0.25) is 0 Å². The van der Waals surface area contributed by atoms with Crippen molar-refractivity contribution in [3.8, 4) is 11.5 Å². The highest BCUT2D eigenvalue weighted by atomic mass is 19.4. The van der Waals surface area contributed by atoms with Gasteiger partial charge >= 0.3 is 6.18 Å².